The van der Waals surface area contributed by atoms with Crippen LogP contribution in [0.25, 0.3) is 11.2 Å². The van der Waals surface area contributed by atoms with Gasteiger partial charge < -0.3 is 49.5 Å². The number of nitrogens with two attached hydrogens (primary N) is 1. The number of unbranched alkanes of at least 4 members (excludes halogenated alkanes) is 4. The fraction of sp³-hybridized carbons (Fsp3) is 0.571. The van der Waals surface area contributed by atoms with E-state index in [4.69, 9.17) is 34.2 Å². The number of nitrogens with one attached hydrogen (secondary N) is 1. The van der Waals surface area contributed by atoms with Gasteiger partial charge in [-0.15, -0.1) is 0 Å². The van der Waals surface area contributed by atoms with Gasteiger partial charge in [-0.1, -0.05) is 91.5 Å². The zero-order chi connectivity index (χ0) is 59.4. The Bertz CT molecular complexity index is 2980. The molecule has 3 heterocycles. The smallest absolute Gasteiger partial charge is 0.341 e. The number of esters is 6. The maximum absolute atomic E-state index is 14.0. The molecule has 0 amide bonds. The standard InChI is InChI=1S/C56H71N5O18S2/c1-8-10-12-13-15-41(66)76-46-43-42(47-56(73,55(7,72)52(71)78-47)38(75-40(65)14-11-9-2)27-54(43,6)79-32(5)62)31(4)45(46)77-51(70)30(3)24-25-80-81-29-74-39(64)23-21-35(50(68)69)26-37(63)34-19-16-33(17-20-34)18-22-36-28-58-48-44(59-36)49(67)61-53(57)60-48/h16-17,19-20,24,28,35,38,43,45-47,72-73H,8-15,18,21-23,25-27,29H2,1-7H3,(H,68,69)(H3,57,58,60,61,67)/b30-24-/t35-,38+,43?,45+,46+,47+,54+,55+,56-/m1/s1. The average molecular weight is 1170 g/mol. The molecular weight excluding hydrogens is 1090 g/mol. The number of benzene rings is 1. The van der Waals surface area contributed by atoms with Gasteiger partial charge in [-0.05, 0) is 76.5 Å². The Hall–Kier alpha value is -6.70. The van der Waals surface area contributed by atoms with Gasteiger partial charge in [0.2, 0.25) is 5.95 Å². The number of carbonyl (C=O) groups excluding carboxylic acids is 7. The number of fused-ring (bicyclic) bond motifs is 4. The van der Waals surface area contributed by atoms with Crippen molar-refractivity contribution in [1.29, 1.82) is 0 Å². The molecule has 2 aromatic heterocycles. The number of rotatable bonds is 28. The SMILES string of the molecule is CCCCCCC(=O)O[C@H]1C2C(=C(C)[C@@H]1OC(=O)/C(C)=C\CSSCOC(=O)CC[C@H](CC(=O)c1ccc(CCc3cnc4nc(N)[nH]c(=O)c4n3)cc1)C(=O)O)[C@@H]1OC(=O)[C@](C)(O)[C@@]1(O)[C@@H](OC(=O)CCCC)C[C@]2(C)OC(C)=O. The van der Waals surface area contributed by atoms with Crippen LogP contribution < -0.4 is 11.3 Å². The summed E-state index contributed by atoms with van der Waals surface area (Å²) in [5, 5.41) is 34.3. The number of ketones is 1. The number of nitrogen functional groups attached to an aromatic ring is 1. The molecule has 0 spiro atoms. The summed E-state index contributed by atoms with van der Waals surface area (Å²) >= 11 is 0. The summed E-state index contributed by atoms with van der Waals surface area (Å²) in [5.41, 5.74) is 0.140. The molecule has 3 aliphatic rings. The Morgan fingerprint density at radius 3 is 2.26 bits per heavy atom. The van der Waals surface area contributed by atoms with Gasteiger partial charge >= 0.3 is 41.8 Å². The summed E-state index contributed by atoms with van der Waals surface area (Å²) in [6.07, 6.45) is 0.385. The number of hydrogen-bond acceptors (Lipinski definition) is 23. The number of anilines is 1. The average Bonchev–Trinajstić information content (AvgIpc) is 3.97. The summed E-state index contributed by atoms with van der Waals surface area (Å²) in [7, 11) is 2.34. The van der Waals surface area contributed by atoms with E-state index in [2.05, 4.69) is 19.9 Å². The van der Waals surface area contributed by atoms with Crippen LogP contribution in [0, 0.1) is 11.8 Å². The van der Waals surface area contributed by atoms with Crippen LogP contribution in [0.1, 0.15) is 147 Å². The van der Waals surface area contributed by atoms with Gasteiger partial charge in [0, 0.05) is 55.9 Å². The van der Waals surface area contributed by atoms with Crippen LogP contribution in [0.3, 0.4) is 0 Å². The van der Waals surface area contributed by atoms with Crippen LogP contribution in [-0.4, -0.2) is 136 Å². The first-order chi connectivity index (χ1) is 38.3. The molecule has 0 radical (unpaired) electrons. The molecule has 3 aromatic rings. The number of aromatic nitrogens is 4. The van der Waals surface area contributed by atoms with Crippen molar-refractivity contribution >= 4 is 86.3 Å². The van der Waals surface area contributed by atoms with Crippen molar-refractivity contribution in [2.24, 2.45) is 11.8 Å². The van der Waals surface area contributed by atoms with Gasteiger partial charge in [0.25, 0.3) is 5.56 Å². The number of carboxylic acids is 1. The van der Waals surface area contributed by atoms with Crippen LogP contribution in [0.2, 0.25) is 0 Å². The molecule has 6 rings (SSSR count). The van der Waals surface area contributed by atoms with Crippen molar-refractivity contribution in [1.82, 2.24) is 19.9 Å². The van der Waals surface area contributed by atoms with E-state index in [9.17, 15) is 58.5 Å². The molecule has 25 heteroatoms. The highest BCUT2D eigenvalue weighted by Gasteiger charge is 2.76. The van der Waals surface area contributed by atoms with E-state index >= 15 is 0 Å². The molecule has 9 atom stereocenters. The first-order valence-electron chi connectivity index (χ1n) is 26.9. The van der Waals surface area contributed by atoms with Crippen molar-refractivity contribution in [3.05, 3.63) is 80.4 Å². The lowest BCUT2D eigenvalue weighted by atomic mass is 9.75. The fourth-order valence-electron chi connectivity index (χ4n) is 10.4. The van der Waals surface area contributed by atoms with Crippen LogP contribution in [0.5, 0.6) is 0 Å². The summed E-state index contributed by atoms with van der Waals surface area (Å²) < 4.78 is 35.2. The topological polar surface area (TPSA) is 350 Å². The predicted molar refractivity (Wildman–Crippen MR) is 295 cm³/mol. The zero-order valence-electron chi connectivity index (χ0n) is 46.4. The van der Waals surface area contributed by atoms with E-state index in [-0.39, 0.29) is 77.6 Å². The van der Waals surface area contributed by atoms with Crippen molar-refractivity contribution < 1.29 is 82.1 Å². The molecule has 1 saturated heterocycles. The third kappa shape index (κ3) is 15.3. The van der Waals surface area contributed by atoms with Crippen LogP contribution in [-0.2, 0) is 74.8 Å². The minimum Gasteiger partial charge on any atom is -0.481 e. The number of Topliss-reactive ketones (excluding diaryl/α,β-unsaturated/α-hetero) is 1. The molecule has 23 nitrogen and oxygen atoms in total. The molecule has 2 fully saturated rings. The number of aromatic amines is 1. The lowest BCUT2D eigenvalue weighted by Crippen LogP contribution is -2.64. The van der Waals surface area contributed by atoms with Gasteiger partial charge in [-0.2, -0.15) is 4.98 Å². The largest absolute Gasteiger partial charge is 0.481 e. The molecule has 1 unspecified atom stereocenters. The van der Waals surface area contributed by atoms with Gasteiger partial charge in [-0.3, -0.25) is 38.5 Å². The number of H-pyrrole nitrogens is 1. The van der Waals surface area contributed by atoms with Crippen LogP contribution in [0.4, 0.5) is 5.95 Å². The van der Waals surface area contributed by atoms with Crippen molar-refractivity contribution in [3.63, 3.8) is 0 Å². The number of aliphatic hydroxyl groups is 2. The normalized spacial score (nSPS) is 24.5. The first kappa shape index (κ1) is 63.5. The number of hydrogen-bond donors (Lipinski definition) is 5. The lowest BCUT2D eigenvalue weighted by molar-refractivity contribution is -0.212. The monoisotopic (exact) mass is 1170 g/mol. The van der Waals surface area contributed by atoms with E-state index in [1.54, 1.807) is 30.3 Å². The van der Waals surface area contributed by atoms with E-state index in [0.29, 0.717) is 43.4 Å². The van der Waals surface area contributed by atoms with E-state index in [1.807, 2.05) is 13.8 Å². The third-order valence-electron chi connectivity index (χ3n) is 14.8. The number of carbonyl (C=O) groups is 8. The number of aliphatic carboxylic acids is 1. The Morgan fingerprint density at radius 1 is 0.889 bits per heavy atom. The van der Waals surface area contributed by atoms with E-state index in [1.165, 1.54) is 37.8 Å². The Labute approximate surface area is 475 Å². The van der Waals surface area contributed by atoms with E-state index < -0.39 is 113 Å². The number of carboxylic acid groups (broad SMARTS) is 1. The molecule has 6 N–H and O–H groups in total. The summed E-state index contributed by atoms with van der Waals surface area (Å²) in [4.78, 5) is 132. The predicted octanol–water partition coefficient (Wildman–Crippen LogP) is 5.94. The maximum Gasteiger partial charge on any atom is 0.341 e. The fourth-order valence-corrected chi connectivity index (χ4v) is 11.9. The third-order valence-corrected chi connectivity index (χ3v) is 16.7. The first-order valence-corrected chi connectivity index (χ1v) is 29.4. The highest BCUT2D eigenvalue weighted by Crippen LogP contribution is 2.57. The number of ether oxygens (including phenoxy) is 6. The van der Waals surface area contributed by atoms with E-state index in [0.717, 1.165) is 49.5 Å². The molecule has 440 valence electrons. The second-order valence-corrected chi connectivity index (χ2v) is 23.3. The molecule has 1 saturated carbocycles. The number of aryl methyl sites for hydroxylation is 2. The minimum atomic E-state index is -2.68. The second kappa shape index (κ2) is 27.8. The molecule has 0 bridgehead atoms. The highest BCUT2D eigenvalue weighted by atomic mass is 33.1. The summed E-state index contributed by atoms with van der Waals surface area (Å²) in [5.74, 6) is -9.07. The van der Waals surface area contributed by atoms with Crippen molar-refractivity contribution in [3.8, 4) is 0 Å². The molecule has 2 aliphatic carbocycles. The van der Waals surface area contributed by atoms with Gasteiger partial charge in [0.15, 0.2) is 46.5 Å². The highest BCUT2D eigenvalue weighted by molar-refractivity contribution is 8.76. The Balaban J connectivity index is 1.05. The van der Waals surface area contributed by atoms with Crippen LogP contribution >= 0.6 is 21.6 Å². The van der Waals surface area contributed by atoms with Gasteiger partial charge in [0.05, 0.1) is 23.7 Å². The summed E-state index contributed by atoms with van der Waals surface area (Å²) in [6.45, 7) is 10.5. The number of nitrogens with zero attached hydrogens (tertiary/aromatic N) is 3. The van der Waals surface area contributed by atoms with Crippen molar-refractivity contribution in [2.75, 3.05) is 17.4 Å². The summed E-state index contributed by atoms with van der Waals surface area (Å²) in [6, 6.07) is 6.66. The minimum absolute atomic E-state index is 0.0163. The van der Waals surface area contributed by atoms with Gasteiger partial charge in [-0.25, -0.2) is 19.6 Å². The van der Waals surface area contributed by atoms with Crippen molar-refractivity contribution in [2.45, 2.75) is 180 Å². The Morgan fingerprint density at radius 2 is 1.58 bits per heavy atom. The maximum atomic E-state index is 14.0. The van der Waals surface area contributed by atoms with Crippen LogP contribution in [0.15, 0.2) is 58.1 Å². The second-order valence-electron chi connectivity index (χ2n) is 20.9. The lowest BCUT2D eigenvalue weighted by Gasteiger charge is -2.41. The molecular formula is C56H71N5O18S2. The zero-order valence-corrected chi connectivity index (χ0v) is 48.1. The molecule has 1 aliphatic heterocycles. The Kier molecular flexibility index (Phi) is 21.8. The van der Waals surface area contributed by atoms with Gasteiger partial charge in [0.1, 0.15) is 17.6 Å². The quantitative estimate of drug-likeness (QED) is 0.00821. The molecule has 1 aromatic carbocycles. The molecule has 81 heavy (non-hydrogen) atoms.